The van der Waals surface area contributed by atoms with Gasteiger partial charge in [0.2, 0.25) is 0 Å². The Labute approximate surface area is 121 Å². The molecule has 1 N–H and O–H groups in total. The van der Waals surface area contributed by atoms with Crippen LogP contribution < -0.4 is 5.32 Å². The highest BCUT2D eigenvalue weighted by atomic mass is 35.5. The molecule has 1 fully saturated rings. The van der Waals surface area contributed by atoms with Crippen molar-refractivity contribution in [2.24, 2.45) is 4.99 Å². The first-order valence-corrected chi connectivity index (χ1v) is 7.99. The molecule has 5 heteroatoms. The molecule has 0 radical (unpaired) electrons. The average molecular weight is 299 g/mol. The molecule has 102 valence electrons. The van der Waals surface area contributed by atoms with Crippen LogP contribution in [0.2, 0.25) is 5.02 Å². The third-order valence-electron chi connectivity index (χ3n) is 3.80. The van der Waals surface area contributed by atoms with E-state index in [1.54, 1.807) is 23.9 Å². The maximum absolute atomic E-state index is 13.7. The lowest BCUT2D eigenvalue weighted by molar-refractivity contribution is 0.335. The third-order valence-corrected chi connectivity index (χ3v) is 5.26. The minimum absolute atomic E-state index is 0.0863. The molecule has 1 spiro atoms. The van der Waals surface area contributed by atoms with Crippen LogP contribution in [0.25, 0.3) is 0 Å². The van der Waals surface area contributed by atoms with Crippen LogP contribution in [0.3, 0.4) is 0 Å². The molecular weight excluding hydrogens is 283 g/mol. The zero-order chi connectivity index (χ0) is 13.3. The molecule has 1 aromatic rings. The largest absolute Gasteiger partial charge is 0.331 e. The van der Waals surface area contributed by atoms with Gasteiger partial charge in [0.25, 0.3) is 0 Å². The van der Waals surface area contributed by atoms with E-state index < -0.39 is 0 Å². The van der Waals surface area contributed by atoms with Crippen LogP contribution in [-0.2, 0) is 0 Å². The van der Waals surface area contributed by atoms with Crippen molar-refractivity contribution >= 4 is 34.2 Å². The van der Waals surface area contributed by atoms with Gasteiger partial charge < -0.3 is 5.32 Å². The van der Waals surface area contributed by atoms with Gasteiger partial charge in [-0.3, -0.25) is 4.99 Å². The lowest BCUT2D eigenvalue weighted by Crippen LogP contribution is -2.29. The number of aliphatic imine (C=N–C) groups is 1. The fraction of sp³-hybridized carbons (Fsp3) is 0.500. The lowest BCUT2D eigenvalue weighted by atomic mass is 9.84. The third kappa shape index (κ3) is 2.75. The van der Waals surface area contributed by atoms with Gasteiger partial charge in [-0.15, -0.1) is 0 Å². The van der Waals surface area contributed by atoms with E-state index in [9.17, 15) is 4.39 Å². The predicted octanol–water partition coefficient (Wildman–Crippen LogP) is 4.70. The number of para-hydroxylation sites is 1. The van der Waals surface area contributed by atoms with Crippen LogP contribution in [0, 0.1) is 5.82 Å². The summed E-state index contributed by atoms with van der Waals surface area (Å²) in [6.45, 7) is 0. The molecular formula is C14H16ClFN2S. The number of hydrogen-bond acceptors (Lipinski definition) is 3. The van der Waals surface area contributed by atoms with E-state index in [0.29, 0.717) is 10.7 Å². The van der Waals surface area contributed by atoms with Crippen molar-refractivity contribution in [1.29, 1.82) is 0 Å². The van der Waals surface area contributed by atoms with Crippen LogP contribution >= 0.6 is 23.4 Å². The maximum atomic E-state index is 13.7. The van der Waals surface area contributed by atoms with Gasteiger partial charge >= 0.3 is 0 Å². The molecule has 19 heavy (non-hydrogen) atoms. The van der Waals surface area contributed by atoms with Gasteiger partial charge in [-0.25, -0.2) is 4.39 Å². The molecule has 0 unspecified atom stereocenters. The Hall–Kier alpha value is -0.740. The molecule has 1 aliphatic heterocycles. The van der Waals surface area contributed by atoms with Gasteiger partial charge in [0, 0.05) is 5.75 Å². The molecule has 0 atom stereocenters. The summed E-state index contributed by atoms with van der Waals surface area (Å²) < 4.78 is 13.7. The minimum atomic E-state index is -0.333. The van der Waals surface area contributed by atoms with Gasteiger partial charge in [0.05, 0.1) is 16.2 Å². The average Bonchev–Trinajstić information content (AvgIpc) is 2.78. The number of rotatable bonds is 1. The van der Waals surface area contributed by atoms with Crippen LogP contribution in [0.4, 0.5) is 10.1 Å². The molecule has 3 rings (SSSR count). The molecule has 0 saturated heterocycles. The number of nitrogens with one attached hydrogen (secondary N) is 1. The Balaban J connectivity index is 1.79. The number of thioether (sulfide) groups is 1. The molecule has 1 heterocycles. The lowest BCUT2D eigenvalue weighted by Gasteiger charge is -2.29. The Morgan fingerprint density at radius 3 is 2.79 bits per heavy atom. The van der Waals surface area contributed by atoms with Crippen LogP contribution in [0.5, 0.6) is 0 Å². The topological polar surface area (TPSA) is 24.4 Å². The first-order chi connectivity index (χ1) is 9.19. The molecule has 0 amide bonds. The van der Waals surface area contributed by atoms with Gasteiger partial charge in [0.1, 0.15) is 5.82 Å². The molecule has 1 aromatic carbocycles. The first kappa shape index (κ1) is 13.3. The van der Waals surface area contributed by atoms with E-state index in [-0.39, 0.29) is 11.4 Å². The van der Waals surface area contributed by atoms with Crippen LogP contribution in [0.1, 0.15) is 32.1 Å². The summed E-state index contributed by atoms with van der Waals surface area (Å²) in [4.78, 5) is 4.80. The van der Waals surface area contributed by atoms with Crippen LogP contribution in [-0.4, -0.2) is 16.5 Å². The van der Waals surface area contributed by atoms with E-state index in [0.717, 1.165) is 23.8 Å². The van der Waals surface area contributed by atoms with E-state index in [2.05, 4.69) is 5.32 Å². The second-order valence-corrected chi connectivity index (χ2v) is 6.58. The van der Waals surface area contributed by atoms with Gasteiger partial charge in [0.15, 0.2) is 5.17 Å². The predicted molar refractivity (Wildman–Crippen MR) is 80.7 cm³/mol. The highest BCUT2D eigenvalue weighted by Gasteiger charge is 2.36. The monoisotopic (exact) mass is 298 g/mol. The molecule has 2 nitrogen and oxygen atoms in total. The van der Waals surface area contributed by atoms with Crippen molar-refractivity contribution in [3.05, 3.63) is 29.0 Å². The minimum Gasteiger partial charge on any atom is -0.331 e. The second kappa shape index (κ2) is 5.33. The van der Waals surface area contributed by atoms with E-state index >= 15 is 0 Å². The van der Waals surface area contributed by atoms with E-state index in [4.69, 9.17) is 16.6 Å². The summed E-state index contributed by atoms with van der Waals surface area (Å²) in [5.74, 6) is 0.668. The quantitative estimate of drug-likeness (QED) is 0.813. The maximum Gasteiger partial charge on any atom is 0.161 e. The number of halogens is 2. The number of nitrogens with zero attached hydrogens (tertiary/aromatic N) is 1. The molecule has 0 bridgehead atoms. The number of anilines is 1. The van der Waals surface area contributed by atoms with Crippen molar-refractivity contribution in [2.45, 2.75) is 37.6 Å². The highest BCUT2D eigenvalue weighted by Crippen LogP contribution is 2.40. The highest BCUT2D eigenvalue weighted by molar-refractivity contribution is 8.14. The molecule has 2 aliphatic rings. The number of benzene rings is 1. The normalized spacial score (nSPS) is 21.5. The van der Waals surface area contributed by atoms with Gasteiger partial charge in [-0.2, -0.15) is 0 Å². The molecule has 0 aromatic heterocycles. The van der Waals surface area contributed by atoms with E-state index in [1.165, 1.54) is 25.3 Å². The van der Waals surface area contributed by atoms with Crippen molar-refractivity contribution < 1.29 is 4.39 Å². The zero-order valence-electron chi connectivity index (χ0n) is 10.6. The van der Waals surface area contributed by atoms with Crippen molar-refractivity contribution in [3.63, 3.8) is 0 Å². The standard InChI is InChI=1S/C14H16ClFN2S/c15-10-5-4-6-11(16)12(10)17-13-18-14(9-19-13)7-2-1-3-8-14/h4-6H,1-3,7-9H2,(H,17,18). The Kier molecular flexibility index (Phi) is 3.72. The summed E-state index contributed by atoms with van der Waals surface area (Å²) in [5.41, 5.74) is 0.423. The Bertz CT molecular complexity index is 492. The Morgan fingerprint density at radius 1 is 1.26 bits per heavy atom. The van der Waals surface area contributed by atoms with Gasteiger partial charge in [-0.05, 0) is 25.0 Å². The van der Waals surface area contributed by atoms with Gasteiger partial charge in [-0.1, -0.05) is 48.7 Å². The first-order valence-electron chi connectivity index (χ1n) is 6.62. The summed E-state index contributed by atoms with van der Waals surface area (Å²) in [6, 6.07) is 4.70. The smallest absolute Gasteiger partial charge is 0.161 e. The second-order valence-electron chi connectivity index (χ2n) is 5.21. The van der Waals surface area contributed by atoms with Crippen LogP contribution in [0.15, 0.2) is 23.2 Å². The van der Waals surface area contributed by atoms with Crippen molar-refractivity contribution in [1.82, 2.24) is 0 Å². The summed E-state index contributed by atoms with van der Waals surface area (Å²) in [5, 5.41) is 4.25. The Morgan fingerprint density at radius 2 is 2.05 bits per heavy atom. The summed E-state index contributed by atoms with van der Waals surface area (Å²) in [7, 11) is 0. The SMILES string of the molecule is Fc1cccc(Cl)c1NC1=NC2(CCCCC2)CS1. The summed E-state index contributed by atoms with van der Waals surface area (Å²) in [6.07, 6.45) is 6.10. The van der Waals surface area contributed by atoms with E-state index in [1.807, 2.05) is 0 Å². The summed E-state index contributed by atoms with van der Waals surface area (Å²) >= 11 is 7.69. The number of amidine groups is 1. The zero-order valence-corrected chi connectivity index (χ0v) is 12.2. The molecule has 1 aliphatic carbocycles. The fourth-order valence-electron chi connectivity index (χ4n) is 2.74. The molecule has 1 saturated carbocycles. The number of hydrogen-bond donors (Lipinski definition) is 1. The fourth-order valence-corrected chi connectivity index (χ4v) is 4.14. The van der Waals surface area contributed by atoms with Crippen molar-refractivity contribution in [2.75, 3.05) is 11.1 Å². The van der Waals surface area contributed by atoms with Crippen molar-refractivity contribution in [3.8, 4) is 0 Å².